The van der Waals surface area contributed by atoms with E-state index in [0.29, 0.717) is 6.54 Å². The van der Waals surface area contributed by atoms with Crippen molar-refractivity contribution in [2.75, 3.05) is 6.54 Å². The van der Waals surface area contributed by atoms with Crippen molar-refractivity contribution in [2.45, 2.75) is 20.0 Å². The van der Waals surface area contributed by atoms with Crippen molar-refractivity contribution in [3.63, 3.8) is 0 Å². The molecule has 2 N–H and O–H groups in total. The number of aromatic nitrogens is 2. The van der Waals surface area contributed by atoms with Gasteiger partial charge in [0.25, 0.3) is 0 Å². The Hall–Kier alpha value is -2.56. The first kappa shape index (κ1) is 14.8. The van der Waals surface area contributed by atoms with E-state index in [4.69, 9.17) is 4.74 Å². The van der Waals surface area contributed by atoms with Gasteiger partial charge in [0.15, 0.2) is 0 Å². The molecule has 0 saturated heterocycles. The highest BCUT2D eigenvalue weighted by Crippen LogP contribution is 2.05. The van der Waals surface area contributed by atoms with Crippen LogP contribution in [0.4, 0.5) is 4.79 Å². The first-order chi connectivity index (χ1) is 10.3. The van der Waals surface area contributed by atoms with Crippen LogP contribution in [0.3, 0.4) is 0 Å². The molecule has 5 heteroatoms. The number of aryl methyl sites for hydroxylation is 1. The van der Waals surface area contributed by atoms with Crippen LogP contribution >= 0.6 is 0 Å². The van der Waals surface area contributed by atoms with E-state index in [2.05, 4.69) is 15.5 Å². The Kier molecular flexibility index (Phi) is 5.58. The number of hydrogen-bond acceptors (Lipinski definition) is 3. The third-order valence-corrected chi connectivity index (χ3v) is 2.96. The molecule has 1 amide bonds. The summed E-state index contributed by atoms with van der Waals surface area (Å²) in [6.07, 6.45) is 6.09. The lowest BCUT2D eigenvalue weighted by atomic mass is 10.2. The number of ether oxygens (including phenoxy) is 1. The highest BCUT2D eigenvalue weighted by molar-refractivity contribution is 5.67. The molecule has 0 aliphatic carbocycles. The van der Waals surface area contributed by atoms with Crippen molar-refractivity contribution < 1.29 is 9.53 Å². The molecule has 110 valence electrons. The van der Waals surface area contributed by atoms with E-state index in [-0.39, 0.29) is 6.61 Å². The van der Waals surface area contributed by atoms with Gasteiger partial charge < -0.3 is 10.1 Å². The lowest BCUT2D eigenvalue weighted by Crippen LogP contribution is -2.24. The van der Waals surface area contributed by atoms with E-state index >= 15 is 0 Å². The lowest BCUT2D eigenvalue weighted by molar-refractivity contribution is 0.140. The van der Waals surface area contributed by atoms with Gasteiger partial charge in [-0.15, -0.1) is 0 Å². The number of H-pyrrole nitrogens is 1. The summed E-state index contributed by atoms with van der Waals surface area (Å²) in [5, 5.41) is 9.52. The Morgan fingerprint density at radius 3 is 2.90 bits per heavy atom. The van der Waals surface area contributed by atoms with Crippen molar-refractivity contribution in [3.05, 3.63) is 59.4 Å². The zero-order valence-electron chi connectivity index (χ0n) is 12.0. The summed E-state index contributed by atoms with van der Waals surface area (Å²) in [7, 11) is 0. The normalized spacial score (nSPS) is 10.7. The molecule has 0 unspecified atom stereocenters. The van der Waals surface area contributed by atoms with Gasteiger partial charge in [-0.3, -0.25) is 5.10 Å². The number of nitrogens with one attached hydrogen (secondary N) is 2. The fourth-order valence-corrected chi connectivity index (χ4v) is 1.77. The zero-order valence-corrected chi connectivity index (χ0v) is 12.0. The second kappa shape index (κ2) is 7.89. The monoisotopic (exact) mass is 285 g/mol. The fourth-order valence-electron chi connectivity index (χ4n) is 1.77. The van der Waals surface area contributed by atoms with Crippen LogP contribution in [0, 0.1) is 6.92 Å². The average Bonchev–Trinajstić information content (AvgIpc) is 2.91. The van der Waals surface area contributed by atoms with E-state index < -0.39 is 6.09 Å². The molecule has 0 aliphatic heterocycles. The van der Waals surface area contributed by atoms with Gasteiger partial charge in [-0.2, -0.15) is 5.10 Å². The average molecular weight is 285 g/mol. The molecular formula is C16H19N3O2. The van der Waals surface area contributed by atoms with Crippen LogP contribution in [-0.2, 0) is 11.3 Å². The van der Waals surface area contributed by atoms with Crippen LogP contribution in [0.1, 0.15) is 23.2 Å². The van der Waals surface area contributed by atoms with Gasteiger partial charge in [0.1, 0.15) is 6.61 Å². The Labute approximate surface area is 124 Å². The minimum atomic E-state index is -0.397. The quantitative estimate of drug-likeness (QED) is 0.802. The first-order valence-electron chi connectivity index (χ1n) is 6.87. The molecule has 0 fully saturated rings. The van der Waals surface area contributed by atoms with Gasteiger partial charge in [-0.05, 0) is 18.9 Å². The summed E-state index contributed by atoms with van der Waals surface area (Å²) in [5.41, 5.74) is 3.06. The SMILES string of the molecule is Cc1[nH]ncc1C=CCCNC(=O)OCc1ccccc1. The number of aromatic amines is 1. The van der Waals surface area contributed by atoms with E-state index in [1.54, 1.807) is 6.20 Å². The molecule has 0 spiro atoms. The second-order valence-electron chi connectivity index (χ2n) is 4.63. The maximum atomic E-state index is 11.5. The van der Waals surface area contributed by atoms with Gasteiger partial charge in [0.05, 0.1) is 6.20 Å². The summed E-state index contributed by atoms with van der Waals surface area (Å²) in [5.74, 6) is 0. The van der Waals surface area contributed by atoms with Gasteiger partial charge in [-0.25, -0.2) is 4.79 Å². The van der Waals surface area contributed by atoms with Crippen molar-refractivity contribution >= 4 is 12.2 Å². The Morgan fingerprint density at radius 1 is 1.38 bits per heavy atom. The Morgan fingerprint density at radius 2 is 2.19 bits per heavy atom. The number of nitrogens with zero attached hydrogens (tertiary/aromatic N) is 1. The summed E-state index contributed by atoms with van der Waals surface area (Å²) in [6.45, 7) is 2.80. The van der Waals surface area contributed by atoms with E-state index in [1.165, 1.54) is 0 Å². The number of carbonyl (C=O) groups excluding carboxylic acids is 1. The molecule has 2 rings (SSSR count). The van der Waals surface area contributed by atoms with Crippen LogP contribution in [-0.4, -0.2) is 22.8 Å². The molecule has 1 heterocycles. The number of rotatable bonds is 6. The molecule has 2 aromatic rings. The third-order valence-electron chi connectivity index (χ3n) is 2.96. The maximum absolute atomic E-state index is 11.5. The van der Waals surface area contributed by atoms with Crippen molar-refractivity contribution in [1.29, 1.82) is 0 Å². The number of benzene rings is 1. The van der Waals surface area contributed by atoms with E-state index in [1.807, 2.05) is 49.4 Å². The van der Waals surface area contributed by atoms with Gasteiger partial charge in [-0.1, -0.05) is 42.5 Å². The largest absolute Gasteiger partial charge is 0.445 e. The molecule has 0 radical (unpaired) electrons. The van der Waals surface area contributed by atoms with Gasteiger partial charge in [0.2, 0.25) is 0 Å². The zero-order chi connectivity index (χ0) is 14.9. The molecule has 0 atom stereocenters. The Bertz CT molecular complexity index is 591. The molecule has 0 aliphatic rings. The van der Waals surface area contributed by atoms with Crippen molar-refractivity contribution in [1.82, 2.24) is 15.5 Å². The summed E-state index contributed by atoms with van der Waals surface area (Å²) in [4.78, 5) is 11.5. The summed E-state index contributed by atoms with van der Waals surface area (Å²) >= 11 is 0. The topological polar surface area (TPSA) is 67.0 Å². The highest BCUT2D eigenvalue weighted by atomic mass is 16.5. The van der Waals surface area contributed by atoms with Gasteiger partial charge in [0, 0.05) is 17.8 Å². The number of hydrogen-bond donors (Lipinski definition) is 2. The summed E-state index contributed by atoms with van der Waals surface area (Å²) < 4.78 is 5.11. The molecule has 1 aromatic carbocycles. The standard InChI is InChI=1S/C16H19N3O2/c1-13-15(11-18-19-13)9-5-6-10-17-16(20)21-12-14-7-3-2-4-8-14/h2-5,7-9,11H,6,10,12H2,1H3,(H,17,20)(H,18,19). The number of carbonyl (C=O) groups is 1. The first-order valence-corrected chi connectivity index (χ1v) is 6.87. The predicted octanol–water partition coefficient (Wildman–Crippen LogP) is 3.05. The molecular weight excluding hydrogens is 266 g/mol. The van der Waals surface area contributed by atoms with E-state index in [0.717, 1.165) is 23.2 Å². The maximum Gasteiger partial charge on any atom is 0.407 e. The molecule has 21 heavy (non-hydrogen) atoms. The minimum Gasteiger partial charge on any atom is -0.445 e. The smallest absolute Gasteiger partial charge is 0.407 e. The van der Waals surface area contributed by atoms with E-state index in [9.17, 15) is 4.79 Å². The molecule has 0 bridgehead atoms. The molecule has 5 nitrogen and oxygen atoms in total. The summed E-state index contributed by atoms with van der Waals surface area (Å²) in [6, 6.07) is 9.60. The van der Waals surface area contributed by atoms with Gasteiger partial charge >= 0.3 is 6.09 Å². The number of alkyl carbamates (subject to hydrolysis) is 1. The van der Waals surface area contributed by atoms with Crippen LogP contribution in [0.25, 0.3) is 6.08 Å². The van der Waals surface area contributed by atoms with Crippen LogP contribution in [0.2, 0.25) is 0 Å². The molecule has 0 saturated carbocycles. The van der Waals surface area contributed by atoms with Crippen LogP contribution in [0.15, 0.2) is 42.6 Å². The van der Waals surface area contributed by atoms with Crippen LogP contribution < -0.4 is 5.32 Å². The fraction of sp³-hybridized carbons (Fsp3) is 0.250. The highest BCUT2D eigenvalue weighted by Gasteiger charge is 2.00. The molecule has 1 aromatic heterocycles. The second-order valence-corrected chi connectivity index (χ2v) is 4.63. The lowest BCUT2D eigenvalue weighted by Gasteiger charge is -2.05. The minimum absolute atomic E-state index is 0.288. The third kappa shape index (κ3) is 5.14. The predicted molar refractivity (Wildman–Crippen MR) is 81.6 cm³/mol. The Balaban J connectivity index is 1.61. The number of amides is 1. The van der Waals surface area contributed by atoms with Crippen molar-refractivity contribution in [3.8, 4) is 0 Å². The van der Waals surface area contributed by atoms with Crippen LogP contribution in [0.5, 0.6) is 0 Å². The van der Waals surface area contributed by atoms with Crippen molar-refractivity contribution in [2.24, 2.45) is 0 Å².